The predicted molar refractivity (Wildman–Crippen MR) is 77.5 cm³/mol. The fraction of sp³-hybridized carbons (Fsp3) is 0.615. The summed E-state index contributed by atoms with van der Waals surface area (Å²) in [5.41, 5.74) is 0.753. The predicted octanol–water partition coefficient (Wildman–Crippen LogP) is 2.33. The Morgan fingerprint density at radius 1 is 1.32 bits per heavy atom. The summed E-state index contributed by atoms with van der Waals surface area (Å²) >= 11 is 6.05. The average Bonchev–Trinajstić information content (AvgIpc) is 2.33. The first-order valence-electron chi connectivity index (χ1n) is 6.45. The van der Waals surface area contributed by atoms with Gasteiger partial charge in [0.25, 0.3) is 0 Å². The maximum absolute atomic E-state index is 11.9. The van der Waals surface area contributed by atoms with Crippen LogP contribution < -0.4 is 10.6 Å². The third kappa shape index (κ3) is 4.35. The number of aryl methyl sites for hydroxylation is 1. The van der Waals surface area contributed by atoms with Crippen LogP contribution in [0, 0.1) is 6.92 Å². The lowest BCUT2D eigenvalue weighted by molar-refractivity contribution is -0.122. The number of nitrogens with zero attached hydrogens (tertiary/aromatic N) is 2. The van der Waals surface area contributed by atoms with Crippen molar-refractivity contribution >= 4 is 23.3 Å². The van der Waals surface area contributed by atoms with Gasteiger partial charge in [-0.25, -0.2) is 9.97 Å². The van der Waals surface area contributed by atoms with Crippen LogP contribution in [0.1, 0.15) is 39.1 Å². The molecule has 0 aliphatic carbocycles. The van der Waals surface area contributed by atoms with Gasteiger partial charge in [-0.3, -0.25) is 4.79 Å². The van der Waals surface area contributed by atoms with Crippen molar-refractivity contribution in [2.45, 2.75) is 53.1 Å². The summed E-state index contributed by atoms with van der Waals surface area (Å²) in [4.78, 5) is 20.4. The van der Waals surface area contributed by atoms with Crippen molar-refractivity contribution in [1.82, 2.24) is 15.3 Å². The van der Waals surface area contributed by atoms with Crippen LogP contribution in [0.25, 0.3) is 0 Å². The highest BCUT2D eigenvalue weighted by Gasteiger charge is 2.16. The number of aromatic nitrogens is 2. The van der Waals surface area contributed by atoms with E-state index >= 15 is 0 Å². The molecule has 1 rings (SSSR count). The summed E-state index contributed by atoms with van der Waals surface area (Å²) in [5.74, 6) is 1.21. The number of rotatable bonds is 5. The van der Waals surface area contributed by atoms with E-state index in [0.29, 0.717) is 23.2 Å². The summed E-state index contributed by atoms with van der Waals surface area (Å²) in [7, 11) is 0. The zero-order valence-electron chi connectivity index (χ0n) is 12.0. The van der Waals surface area contributed by atoms with Crippen molar-refractivity contribution in [3.05, 3.63) is 16.5 Å². The molecule has 19 heavy (non-hydrogen) atoms. The topological polar surface area (TPSA) is 66.9 Å². The highest BCUT2D eigenvalue weighted by molar-refractivity contribution is 6.30. The fourth-order valence-corrected chi connectivity index (χ4v) is 1.70. The molecule has 1 amide bonds. The largest absolute Gasteiger partial charge is 0.358 e. The molecule has 1 aromatic heterocycles. The Hall–Kier alpha value is -1.36. The van der Waals surface area contributed by atoms with E-state index in [0.717, 1.165) is 5.56 Å². The first kappa shape index (κ1) is 15.7. The van der Waals surface area contributed by atoms with E-state index in [4.69, 9.17) is 11.6 Å². The number of carbonyl (C=O) groups is 1. The second-order valence-corrected chi connectivity index (χ2v) is 5.15. The zero-order chi connectivity index (χ0) is 14.6. The number of carbonyl (C=O) groups excluding carboxylic acids is 1. The van der Waals surface area contributed by atoms with Crippen molar-refractivity contribution in [3.63, 3.8) is 0 Å². The van der Waals surface area contributed by atoms with Crippen LogP contribution in [0.2, 0.25) is 5.15 Å². The normalized spacial score (nSPS) is 12.4. The Morgan fingerprint density at radius 2 is 1.95 bits per heavy atom. The van der Waals surface area contributed by atoms with E-state index in [-0.39, 0.29) is 18.0 Å². The molecule has 0 radical (unpaired) electrons. The lowest BCUT2D eigenvalue weighted by Gasteiger charge is -2.18. The standard InChI is InChI=1S/C13H21ClN4O/c1-6-10-17-11(14)8(4)12(18-10)16-9(5)13(19)15-7(2)3/h7,9H,6H2,1-5H3,(H,15,19)(H,16,17,18). The second kappa shape index (κ2) is 6.70. The maximum atomic E-state index is 11.9. The van der Waals surface area contributed by atoms with E-state index in [1.54, 1.807) is 6.92 Å². The molecule has 6 heteroatoms. The number of hydrogen-bond donors (Lipinski definition) is 2. The molecule has 0 fully saturated rings. The first-order chi connectivity index (χ1) is 8.85. The van der Waals surface area contributed by atoms with Gasteiger partial charge in [0.05, 0.1) is 0 Å². The van der Waals surface area contributed by atoms with Crippen LogP contribution in [0.15, 0.2) is 0 Å². The van der Waals surface area contributed by atoms with Gasteiger partial charge in [-0.15, -0.1) is 0 Å². The lowest BCUT2D eigenvalue weighted by atomic mass is 10.2. The molecule has 0 aromatic carbocycles. The minimum absolute atomic E-state index is 0.0674. The Bertz CT molecular complexity index is 462. The van der Waals surface area contributed by atoms with E-state index in [9.17, 15) is 4.79 Å². The van der Waals surface area contributed by atoms with Crippen molar-refractivity contribution in [2.75, 3.05) is 5.32 Å². The van der Waals surface area contributed by atoms with E-state index < -0.39 is 0 Å². The van der Waals surface area contributed by atoms with Gasteiger partial charge in [-0.05, 0) is 27.7 Å². The summed E-state index contributed by atoms with van der Waals surface area (Å²) < 4.78 is 0. The molecule has 0 saturated heterocycles. The molecule has 0 saturated carbocycles. The molecule has 1 unspecified atom stereocenters. The Morgan fingerprint density at radius 3 is 2.47 bits per heavy atom. The molecule has 0 spiro atoms. The highest BCUT2D eigenvalue weighted by atomic mass is 35.5. The van der Waals surface area contributed by atoms with Crippen molar-refractivity contribution in [1.29, 1.82) is 0 Å². The van der Waals surface area contributed by atoms with Crippen LogP contribution in [0.5, 0.6) is 0 Å². The van der Waals surface area contributed by atoms with Crippen molar-refractivity contribution in [2.24, 2.45) is 0 Å². The summed E-state index contributed by atoms with van der Waals surface area (Å²) in [6.07, 6.45) is 0.696. The second-order valence-electron chi connectivity index (χ2n) is 4.79. The molecular formula is C13H21ClN4O. The van der Waals surface area contributed by atoms with Gasteiger partial charge in [-0.1, -0.05) is 18.5 Å². The maximum Gasteiger partial charge on any atom is 0.242 e. The summed E-state index contributed by atoms with van der Waals surface area (Å²) in [6, 6.07) is -0.269. The van der Waals surface area contributed by atoms with Crippen LogP contribution >= 0.6 is 11.6 Å². The Labute approximate surface area is 119 Å². The van der Waals surface area contributed by atoms with E-state index in [1.165, 1.54) is 0 Å². The SMILES string of the molecule is CCc1nc(Cl)c(C)c(NC(C)C(=O)NC(C)C)n1. The minimum atomic E-state index is -0.378. The molecule has 106 valence electrons. The monoisotopic (exact) mass is 284 g/mol. The van der Waals surface area contributed by atoms with E-state index in [2.05, 4.69) is 20.6 Å². The van der Waals surface area contributed by atoms with Crippen molar-refractivity contribution in [3.8, 4) is 0 Å². The number of hydrogen-bond acceptors (Lipinski definition) is 4. The number of amides is 1. The molecule has 0 bridgehead atoms. The Balaban J connectivity index is 2.87. The van der Waals surface area contributed by atoms with Crippen LogP contribution in [0.3, 0.4) is 0 Å². The molecule has 0 aliphatic heterocycles. The molecule has 1 aromatic rings. The van der Waals surface area contributed by atoms with E-state index in [1.807, 2.05) is 27.7 Å². The average molecular weight is 285 g/mol. The minimum Gasteiger partial charge on any atom is -0.358 e. The fourth-order valence-electron chi connectivity index (χ4n) is 1.51. The molecular weight excluding hydrogens is 264 g/mol. The zero-order valence-corrected chi connectivity index (χ0v) is 12.8. The highest BCUT2D eigenvalue weighted by Crippen LogP contribution is 2.20. The van der Waals surface area contributed by atoms with Gasteiger partial charge in [-0.2, -0.15) is 0 Å². The van der Waals surface area contributed by atoms with Crippen LogP contribution in [-0.4, -0.2) is 28.0 Å². The quantitative estimate of drug-likeness (QED) is 0.815. The molecule has 1 atom stereocenters. The van der Waals surface area contributed by atoms with Gasteiger partial charge >= 0.3 is 0 Å². The third-order valence-electron chi connectivity index (χ3n) is 2.63. The molecule has 0 aliphatic rings. The van der Waals surface area contributed by atoms with Gasteiger partial charge in [0.15, 0.2) is 0 Å². The first-order valence-corrected chi connectivity index (χ1v) is 6.82. The smallest absolute Gasteiger partial charge is 0.242 e. The van der Waals surface area contributed by atoms with Crippen LogP contribution in [0.4, 0.5) is 5.82 Å². The Kier molecular flexibility index (Phi) is 5.54. The van der Waals surface area contributed by atoms with Crippen LogP contribution in [-0.2, 0) is 11.2 Å². The molecule has 2 N–H and O–H groups in total. The van der Waals surface area contributed by atoms with Gasteiger partial charge in [0.1, 0.15) is 22.8 Å². The van der Waals surface area contributed by atoms with Crippen molar-refractivity contribution < 1.29 is 4.79 Å². The lowest BCUT2D eigenvalue weighted by Crippen LogP contribution is -2.41. The summed E-state index contributed by atoms with van der Waals surface area (Å²) in [6.45, 7) is 9.43. The number of anilines is 1. The van der Waals surface area contributed by atoms with Gasteiger partial charge < -0.3 is 10.6 Å². The van der Waals surface area contributed by atoms with Gasteiger partial charge in [0, 0.05) is 18.0 Å². The number of nitrogens with one attached hydrogen (secondary N) is 2. The molecule has 5 nitrogen and oxygen atoms in total. The van der Waals surface area contributed by atoms with Gasteiger partial charge in [0.2, 0.25) is 5.91 Å². The summed E-state index contributed by atoms with van der Waals surface area (Å²) in [5, 5.41) is 6.35. The number of halogens is 1. The molecule has 1 heterocycles. The third-order valence-corrected chi connectivity index (χ3v) is 2.99.